The largest absolute Gasteiger partial charge is 0.479 e. The fraction of sp³-hybridized carbons (Fsp3) is 0.550. The molecule has 1 aromatic rings. The summed E-state index contributed by atoms with van der Waals surface area (Å²) in [5.41, 5.74) is 0. The predicted molar refractivity (Wildman–Crippen MR) is 100 cm³/mol. The molecule has 27 heavy (non-hydrogen) atoms. The summed E-state index contributed by atoms with van der Waals surface area (Å²) in [6, 6.07) is 8.46. The van der Waals surface area contributed by atoms with Gasteiger partial charge in [-0.3, -0.25) is 10.1 Å². The summed E-state index contributed by atoms with van der Waals surface area (Å²) < 4.78 is 10.8. The van der Waals surface area contributed by atoms with Crippen LogP contribution in [0.3, 0.4) is 0 Å². The number of imide groups is 1. The van der Waals surface area contributed by atoms with Gasteiger partial charge in [0, 0.05) is 6.04 Å². The standard InChI is InChI=1S/C20H28N2O5/c1-3-17(27-16-12-8-5-9-13-16)19(24)26-14(2)18(23)22-20(25)21-15-10-6-4-7-11-15/h5,8-9,12-15,17H,3-4,6-7,10-11H2,1-2H3,(H2,21,22,23,25)/t14-,17+/m1/s1. The van der Waals surface area contributed by atoms with Crippen LogP contribution in [0.4, 0.5) is 4.79 Å². The molecular formula is C20H28N2O5. The van der Waals surface area contributed by atoms with Gasteiger partial charge in [0.1, 0.15) is 5.75 Å². The third kappa shape index (κ3) is 6.92. The van der Waals surface area contributed by atoms with Gasteiger partial charge in [0.25, 0.3) is 5.91 Å². The number of hydrogen-bond donors (Lipinski definition) is 2. The van der Waals surface area contributed by atoms with E-state index >= 15 is 0 Å². The smallest absolute Gasteiger partial charge is 0.348 e. The van der Waals surface area contributed by atoms with E-state index in [0.717, 1.165) is 25.7 Å². The van der Waals surface area contributed by atoms with Crippen LogP contribution in [0.5, 0.6) is 5.75 Å². The molecule has 0 saturated heterocycles. The number of rotatable bonds is 7. The Morgan fingerprint density at radius 3 is 2.41 bits per heavy atom. The van der Waals surface area contributed by atoms with E-state index in [4.69, 9.17) is 9.47 Å². The number of para-hydroxylation sites is 1. The maximum Gasteiger partial charge on any atom is 0.348 e. The fourth-order valence-electron chi connectivity index (χ4n) is 2.95. The van der Waals surface area contributed by atoms with E-state index in [0.29, 0.717) is 12.2 Å². The number of benzene rings is 1. The van der Waals surface area contributed by atoms with Crippen LogP contribution in [0.25, 0.3) is 0 Å². The van der Waals surface area contributed by atoms with Crippen molar-refractivity contribution in [1.29, 1.82) is 0 Å². The minimum atomic E-state index is -1.09. The van der Waals surface area contributed by atoms with Crippen LogP contribution in [-0.4, -0.2) is 36.2 Å². The molecule has 0 unspecified atom stereocenters. The summed E-state index contributed by atoms with van der Waals surface area (Å²) in [5.74, 6) is -0.756. The molecule has 1 fully saturated rings. The quantitative estimate of drug-likeness (QED) is 0.714. The highest BCUT2D eigenvalue weighted by atomic mass is 16.6. The topological polar surface area (TPSA) is 93.7 Å². The first-order chi connectivity index (χ1) is 13.0. The maximum absolute atomic E-state index is 12.3. The van der Waals surface area contributed by atoms with Crippen molar-refractivity contribution in [2.24, 2.45) is 0 Å². The molecule has 2 N–H and O–H groups in total. The van der Waals surface area contributed by atoms with Crippen molar-refractivity contribution in [1.82, 2.24) is 10.6 Å². The average molecular weight is 376 g/mol. The lowest BCUT2D eigenvalue weighted by atomic mass is 9.96. The zero-order valence-corrected chi connectivity index (χ0v) is 15.9. The molecule has 7 nitrogen and oxygen atoms in total. The summed E-state index contributed by atoms with van der Waals surface area (Å²) >= 11 is 0. The number of urea groups is 1. The number of carbonyl (C=O) groups excluding carboxylic acids is 3. The van der Waals surface area contributed by atoms with Gasteiger partial charge in [-0.1, -0.05) is 44.4 Å². The highest BCUT2D eigenvalue weighted by molar-refractivity contribution is 5.97. The lowest BCUT2D eigenvalue weighted by Crippen LogP contribution is -2.48. The Morgan fingerprint density at radius 2 is 1.78 bits per heavy atom. The van der Waals surface area contributed by atoms with Crippen molar-refractivity contribution in [3.63, 3.8) is 0 Å². The molecule has 0 heterocycles. The Bertz CT molecular complexity index is 629. The zero-order valence-electron chi connectivity index (χ0n) is 15.9. The molecule has 148 valence electrons. The van der Waals surface area contributed by atoms with E-state index in [-0.39, 0.29) is 6.04 Å². The third-order valence-corrected chi connectivity index (χ3v) is 4.49. The van der Waals surface area contributed by atoms with Crippen LogP contribution in [0.15, 0.2) is 30.3 Å². The second kappa shape index (κ2) is 10.5. The second-order valence-electron chi connectivity index (χ2n) is 6.70. The van der Waals surface area contributed by atoms with Gasteiger partial charge in [0.05, 0.1) is 0 Å². The second-order valence-corrected chi connectivity index (χ2v) is 6.70. The van der Waals surface area contributed by atoms with E-state index in [9.17, 15) is 14.4 Å². The van der Waals surface area contributed by atoms with Crippen molar-refractivity contribution < 1.29 is 23.9 Å². The molecule has 1 aromatic carbocycles. The average Bonchev–Trinajstić information content (AvgIpc) is 2.67. The molecule has 3 amide bonds. The van der Waals surface area contributed by atoms with Gasteiger partial charge in [-0.05, 0) is 38.3 Å². The number of nitrogens with one attached hydrogen (secondary N) is 2. The van der Waals surface area contributed by atoms with Crippen molar-refractivity contribution in [3.05, 3.63) is 30.3 Å². The van der Waals surface area contributed by atoms with Gasteiger partial charge in [-0.2, -0.15) is 0 Å². The molecule has 1 aliphatic rings. The zero-order chi connectivity index (χ0) is 19.6. The Balaban J connectivity index is 1.79. The Morgan fingerprint density at radius 1 is 1.11 bits per heavy atom. The highest BCUT2D eigenvalue weighted by Gasteiger charge is 2.26. The van der Waals surface area contributed by atoms with Crippen LogP contribution < -0.4 is 15.4 Å². The highest BCUT2D eigenvalue weighted by Crippen LogP contribution is 2.17. The molecule has 0 radical (unpaired) electrons. The number of amides is 3. The monoisotopic (exact) mass is 376 g/mol. The summed E-state index contributed by atoms with van der Waals surface area (Å²) in [6.07, 6.45) is 3.64. The van der Waals surface area contributed by atoms with Crippen molar-refractivity contribution in [2.45, 2.75) is 70.6 Å². The molecule has 0 spiro atoms. The first-order valence-corrected chi connectivity index (χ1v) is 9.53. The normalized spacial score (nSPS) is 16.7. The molecule has 2 atom stereocenters. The molecular weight excluding hydrogens is 348 g/mol. The Hall–Kier alpha value is -2.57. The van der Waals surface area contributed by atoms with Crippen molar-refractivity contribution >= 4 is 17.9 Å². The molecule has 1 saturated carbocycles. The van der Waals surface area contributed by atoms with E-state index in [1.165, 1.54) is 13.3 Å². The van der Waals surface area contributed by atoms with Gasteiger partial charge < -0.3 is 14.8 Å². The van der Waals surface area contributed by atoms with Gasteiger partial charge >= 0.3 is 12.0 Å². The summed E-state index contributed by atoms with van der Waals surface area (Å²) in [7, 11) is 0. The lowest BCUT2D eigenvalue weighted by Gasteiger charge is -2.23. The van der Waals surface area contributed by atoms with Gasteiger partial charge in [0.15, 0.2) is 12.2 Å². The van der Waals surface area contributed by atoms with Crippen molar-refractivity contribution in [2.75, 3.05) is 0 Å². The minimum Gasteiger partial charge on any atom is -0.479 e. The number of carbonyl (C=O) groups is 3. The molecule has 0 aliphatic heterocycles. The van der Waals surface area contributed by atoms with Gasteiger partial charge in [-0.25, -0.2) is 9.59 Å². The fourth-order valence-corrected chi connectivity index (χ4v) is 2.95. The van der Waals surface area contributed by atoms with Crippen LogP contribution in [0.1, 0.15) is 52.4 Å². The summed E-state index contributed by atoms with van der Waals surface area (Å²) in [5, 5.41) is 5.02. The Kier molecular flexibility index (Phi) is 8.10. The maximum atomic E-state index is 12.3. The third-order valence-electron chi connectivity index (χ3n) is 4.49. The van der Waals surface area contributed by atoms with Gasteiger partial charge in [-0.15, -0.1) is 0 Å². The molecule has 0 aromatic heterocycles. The molecule has 1 aliphatic carbocycles. The van der Waals surface area contributed by atoms with Gasteiger partial charge in [0.2, 0.25) is 0 Å². The number of ether oxygens (including phenoxy) is 2. The van der Waals surface area contributed by atoms with Crippen LogP contribution in [0.2, 0.25) is 0 Å². The van der Waals surface area contributed by atoms with Crippen LogP contribution in [0, 0.1) is 0 Å². The van der Waals surface area contributed by atoms with E-state index < -0.39 is 30.1 Å². The molecule has 7 heteroatoms. The minimum absolute atomic E-state index is 0.0909. The first-order valence-electron chi connectivity index (χ1n) is 9.53. The van der Waals surface area contributed by atoms with Crippen LogP contribution in [-0.2, 0) is 14.3 Å². The number of esters is 1. The molecule has 2 rings (SSSR count). The predicted octanol–water partition coefficient (Wildman–Crippen LogP) is 2.93. The Labute approximate surface area is 159 Å². The SMILES string of the molecule is CC[C@H](Oc1ccccc1)C(=O)O[C@H](C)C(=O)NC(=O)NC1CCCCC1. The molecule has 0 bridgehead atoms. The van der Waals surface area contributed by atoms with Crippen LogP contribution >= 0.6 is 0 Å². The lowest BCUT2D eigenvalue weighted by molar-refractivity contribution is -0.161. The number of hydrogen-bond acceptors (Lipinski definition) is 5. The van der Waals surface area contributed by atoms with E-state index in [2.05, 4.69) is 10.6 Å². The first kappa shape index (κ1) is 20.7. The van der Waals surface area contributed by atoms with Crippen molar-refractivity contribution in [3.8, 4) is 5.75 Å². The summed E-state index contributed by atoms with van der Waals surface area (Å²) in [4.78, 5) is 36.3. The van der Waals surface area contributed by atoms with E-state index in [1.54, 1.807) is 31.2 Å². The summed E-state index contributed by atoms with van der Waals surface area (Å²) in [6.45, 7) is 3.22. The van der Waals surface area contributed by atoms with E-state index in [1.807, 2.05) is 6.07 Å².